The standard InChI is InChI=1S/C20H18F3N3O4S/c1-2-30-11-5-10-25-18(27)14-6-3-4-7-15(14)24-19(25)31-17-9-8-13(20(21,22)23)12-16(17)26(28)29/h3-4,6-9,12H,2,5,10-11H2,1H3. The first kappa shape index (κ1) is 22.8. The first-order valence-corrected chi connectivity index (χ1v) is 10.1. The van der Waals surface area contributed by atoms with E-state index < -0.39 is 22.4 Å². The molecule has 164 valence electrons. The number of fused-ring (bicyclic) bond motifs is 1. The summed E-state index contributed by atoms with van der Waals surface area (Å²) in [6, 6.07) is 8.93. The lowest BCUT2D eigenvalue weighted by molar-refractivity contribution is -0.388. The van der Waals surface area contributed by atoms with Crippen LogP contribution in [0.25, 0.3) is 10.9 Å². The molecule has 0 aliphatic rings. The van der Waals surface area contributed by atoms with Crippen molar-refractivity contribution in [2.24, 2.45) is 0 Å². The smallest absolute Gasteiger partial charge is 0.382 e. The minimum Gasteiger partial charge on any atom is -0.382 e. The van der Waals surface area contributed by atoms with Crippen molar-refractivity contribution in [2.45, 2.75) is 36.1 Å². The molecule has 3 aromatic rings. The van der Waals surface area contributed by atoms with E-state index in [2.05, 4.69) is 4.98 Å². The Hall–Kier alpha value is -2.92. The average molecular weight is 453 g/mol. The van der Waals surface area contributed by atoms with Gasteiger partial charge in [-0.3, -0.25) is 19.5 Å². The number of para-hydroxylation sites is 1. The Balaban J connectivity index is 2.07. The van der Waals surface area contributed by atoms with E-state index in [1.807, 2.05) is 6.92 Å². The number of benzene rings is 2. The van der Waals surface area contributed by atoms with Gasteiger partial charge in [-0.1, -0.05) is 12.1 Å². The van der Waals surface area contributed by atoms with E-state index in [1.165, 1.54) is 4.57 Å². The number of alkyl halides is 3. The Morgan fingerprint density at radius 3 is 2.65 bits per heavy atom. The maximum atomic E-state index is 13.0. The fourth-order valence-corrected chi connectivity index (χ4v) is 3.91. The second kappa shape index (κ2) is 9.48. The van der Waals surface area contributed by atoms with E-state index >= 15 is 0 Å². The molecule has 0 bridgehead atoms. The maximum absolute atomic E-state index is 13.0. The molecule has 0 N–H and O–H groups in total. The van der Waals surface area contributed by atoms with Gasteiger partial charge in [0, 0.05) is 25.8 Å². The maximum Gasteiger partial charge on any atom is 0.416 e. The van der Waals surface area contributed by atoms with E-state index in [0.29, 0.717) is 36.6 Å². The van der Waals surface area contributed by atoms with Crippen molar-refractivity contribution in [3.63, 3.8) is 0 Å². The van der Waals surface area contributed by atoms with Crippen molar-refractivity contribution < 1.29 is 22.8 Å². The van der Waals surface area contributed by atoms with Gasteiger partial charge in [0.1, 0.15) is 0 Å². The number of halogens is 3. The van der Waals surface area contributed by atoms with Gasteiger partial charge in [0.05, 0.1) is 26.3 Å². The van der Waals surface area contributed by atoms with Gasteiger partial charge in [-0.25, -0.2) is 4.98 Å². The topological polar surface area (TPSA) is 87.3 Å². The summed E-state index contributed by atoms with van der Waals surface area (Å²) >= 11 is 0.783. The van der Waals surface area contributed by atoms with Crippen LogP contribution in [-0.4, -0.2) is 27.7 Å². The van der Waals surface area contributed by atoms with Gasteiger partial charge in [0.2, 0.25) is 0 Å². The van der Waals surface area contributed by atoms with Crippen LogP contribution in [0, 0.1) is 10.1 Å². The highest BCUT2D eigenvalue weighted by atomic mass is 32.2. The molecule has 31 heavy (non-hydrogen) atoms. The molecule has 0 radical (unpaired) electrons. The van der Waals surface area contributed by atoms with E-state index in [4.69, 9.17) is 4.74 Å². The van der Waals surface area contributed by atoms with Crippen LogP contribution in [-0.2, 0) is 17.5 Å². The summed E-state index contributed by atoms with van der Waals surface area (Å²) in [5.41, 5.74) is -1.77. The lowest BCUT2D eigenvalue weighted by Crippen LogP contribution is -2.24. The lowest BCUT2D eigenvalue weighted by atomic mass is 10.2. The normalized spacial score (nSPS) is 11.7. The molecular weight excluding hydrogens is 435 g/mol. The molecule has 0 amide bonds. The largest absolute Gasteiger partial charge is 0.416 e. The minimum atomic E-state index is -4.71. The van der Waals surface area contributed by atoms with Crippen LogP contribution in [0.1, 0.15) is 18.9 Å². The van der Waals surface area contributed by atoms with Crippen molar-refractivity contribution in [3.8, 4) is 0 Å². The third-order valence-electron chi connectivity index (χ3n) is 4.39. The highest BCUT2D eigenvalue weighted by Crippen LogP contribution is 2.38. The molecule has 0 atom stereocenters. The van der Waals surface area contributed by atoms with Gasteiger partial charge in [0.15, 0.2) is 5.16 Å². The summed E-state index contributed by atoms with van der Waals surface area (Å²) in [7, 11) is 0. The zero-order valence-corrected chi connectivity index (χ0v) is 17.2. The summed E-state index contributed by atoms with van der Waals surface area (Å²) in [4.78, 5) is 27.9. The number of ether oxygens (including phenoxy) is 1. The van der Waals surface area contributed by atoms with E-state index in [9.17, 15) is 28.1 Å². The van der Waals surface area contributed by atoms with Crippen LogP contribution >= 0.6 is 11.8 Å². The number of nitrogens with zero attached hydrogens (tertiary/aromatic N) is 3. The predicted octanol–water partition coefficient (Wildman–Crippen LogP) is 4.90. The third kappa shape index (κ3) is 5.23. The zero-order chi connectivity index (χ0) is 22.6. The molecule has 0 aliphatic heterocycles. The second-order valence-electron chi connectivity index (χ2n) is 6.46. The van der Waals surface area contributed by atoms with Crippen molar-refractivity contribution >= 4 is 28.4 Å². The van der Waals surface area contributed by atoms with Crippen LogP contribution in [0.15, 0.2) is 57.3 Å². The summed E-state index contributed by atoms with van der Waals surface area (Å²) in [6.45, 7) is 3.01. The fourth-order valence-electron chi connectivity index (χ4n) is 2.91. The van der Waals surface area contributed by atoms with Crippen molar-refractivity contribution in [3.05, 3.63) is 68.5 Å². The molecule has 0 spiro atoms. The predicted molar refractivity (Wildman–Crippen MR) is 109 cm³/mol. The monoisotopic (exact) mass is 453 g/mol. The Bertz CT molecular complexity index is 1160. The van der Waals surface area contributed by atoms with Gasteiger partial charge in [-0.2, -0.15) is 13.2 Å². The molecule has 0 unspecified atom stereocenters. The number of rotatable bonds is 8. The molecule has 11 heteroatoms. The molecule has 1 heterocycles. The van der Waals surface area contributed by atoms with Crippen molar-refractivity contribution in [2.75, 3.05) is 13.2 Å². The molecule has 0 saturated carbocycles. The summed E-state index contributed by atoms with van der Waals surface area (Å²) in [5, 5.41) is 12.0. The summed E-state index contributed by atoms with van der Waals surface area (Å²) < 4.78 is 45.6. The second-order valence-corrected chi connectivity index (χ2v) is 7.47. The molecule has 0 fully saturated rings. The molecule has 3 rings (SSSR count). The van der Waals surface area contributed by atoms with Crippen LogP contribution in [0.3, 0.4) is 0 Å². The first-order chi connectivity index (χ1) is 14.7. The minimum absolute atomic E-state index is 0.0428. The Morgan fingerprint density at radius 1 is 1.23 bits per heavy atom. The number of aromatic nitrogens is 2. The molecule has 7 nitrogen and oxygen atoms in total. The van der Waals surface area contributed by atoms with Crippen molar-refractivity contribution in [1.82, 2.24) is 9.55 Å². The summed E-state index contributed by atoms with van der Waals surface area (Å²) in [5.74, 6) is 0. The molecule has 2 aromatic carbocycles. The number of nitro groups is 1. The quantitative estimate of drug-likeness (QED) is 0.209. The number of hydrogen-bond acceptors (Lipinski definition) is 6. The highest BCUT2D eigenvalue weighted by Gasteiger charge is 2.33. The van der Waals surface area contributed by atoms with E-state index in [-0.39, 0.29) is 22.2 Å². The van der Waals surface area contributed by atoms with Gasteiger partial charge < -0.3 is 4.74 Å². The van der Waals surface area contributed by atoms with Crippen LogP contribution in [0.2, 0.25) is 0 Å². The first-order valence-electron chi connectivity index (χ1n) is 9.33. The summed E-state index contributed by atoms with van der Waals surface area (Å²) in [6.07, 6.45) is -4.22. The molecular formula is C20H18F3N3O4S. The zero-order valence-electron chi connectivity index (χ0n) is 16.4. The average Bonchev–Trinajstić information content (AvgIpc) is 2.72. The van der Waals surface area contributed by atoms with Crippen molar-refractivity contribution in [1.29, 1.82) is 0 Å². The number of nitro benzene ring substituents is 1. The highest BCUT2D eigenvalue weighted by molar-refractivity contribution is 7.99. The van der Waals surface area contributed by atoms with Crippen LogP contribution < -0.4 is 5.56 Å². The Kier molecular flexibility index (Phi) is 6.96. The van der Waals surface area contributed by atoms with Crippen LogP contribution in [0.5, 0.6) is 0 Å². The molecule has 0 saturated heterocycles. The van der Waals surface area contributed by atoms with E-state index in [0.717, 1.165) is 23.9 Å². The van der Waals surface area contributed by atoms with Gasteiger partial charge in [-0.15, -0.1) is 0 Å². The van der Waals surface area contributed by atoms with Gasteiger partial charge in [0.25, 0.3) is 11.2 Å². The molecule has 0 aliphatic carbocycles. The lowest BCUT2D eigenvalue weighted by Gasteiger charge is -2.14. The van der Waals surface area contributed by atoms with E-state index in [1.54, 1.807) is 24.3 Å². The third-order valence-corrected chi connectivity index (χ3v) is 5.44. The SMILES string of the molecule is CCOCCCn1c(Sc2ccc(C(F)(F)F)cc2[N+](=O)[O-])nc2ccccc2c1=O. The number of hydrogen-bond donors (Lipinski definition) is 0. The molecule has 1 aromatic heterocycles. The Morgan fingerprint density at radius 2 is 1.97 bits per heavy atom. The van der Waals surface area contributed by atoms with Gasteiger partial charge >= 0.3 is 6.18 Å². The van der Waals surface area contributed by atoms with Crippen LogP contribution in [0.4, 0.5) is 18.9 Å². The Labute approximate surface area is 179 Å². The fraction of sp³-hybridized carbons (Fsp3) is 0.300. The van der Waals surface area contributed by atoms with Gasteiger partial charge in [-0.05, 0) is 49.4 Å².